The minimum Gasteiger partial charge on any atom is -0.466 e. The average molecular weight is 510 g/mol. The largest absolute Gasteiger partial charge is 0.466 e. The van der Waals surface area contributed by atoms with E-state index in [1.807, 2.05) is 49.3 Å². The maximum absolute atomic E-state index is 13.3. The smallest absolute Gasteiger partial charge is 0.308 e. The molecule has 1 aliphatic carbocycles. The first-order chi connectivity index (χ1) is 17.8. The van der Waals surface area contributed by atoms with Gasteiger partial charge in [-0.3, -0.25) is 14.4 Å². The lowest BCUT2D eigenvalue weighted by Gasteiger charge is -2.26. The van der Waals surface area contributed by atoms with Gasteiger partial charge < -0.3 is 29.7 Å². The van der Waals surface area contributed by atoms with Gasteiger partial charge in [-0.2, -0.15) is 0 Å². The van der Waals surface area contributed by atoms with Gasteiger partial charge in [-0.05, 0) is 82.1 Å². The number of amides is 2. The predicted octanol–water partition coefficient (Wildman–Crippen LogP) is 3.71. The SMILES string of the molecule is CCOC(=O)[C@H]1CC[C@H](C(=O)Nc2ccc(CN(C)C)cc2C(=O)NCc2ccc3c(c2)OCO3)CC1. The van der Waals surface area contributed by atoms with Gasteiger partial charge in [-0.1, -0.05) is 12.1 Å². The molecule has 2 aliphatic rings. The van der Waals surface area contributed by atoms with Crippen LogP contribution in [0.5, 0.6) is 11.5 Å². The Morgan fingerprint density at radius 2 is 1.65 bits per heavy atom. The van der Waals surface area contributed by atoms with E-state index in [-0.39, 0.29) is 36.4 Å². The fourth-order valence-corrected chi connectivity index (χ4v) is 4.77. The molecule has 0 unspecified atom stereocenters. The zero-order chi connectivity index (χ0) is 26.4. The van der Waals surface area contributed by atoms with E-state index in [0.717, 1.165) is 11.1 Å². The highest BCUT2D eigenvalue weighted by Crippen LogP contribution is 2.33. The number of carbonyl (C=O) groups excluding carboxylic acids is 3. The fourth-order valence-electron chi connectivity index (χ4n) is 4.77. The Bertz CT molecular complexity index is 1140. The van der Waals surface area contributed by atoms with Crippen molar-refractivity contribution in [3.05, 3.63) is 53.1 Å². The van der Waals surface area contributed by atoms with E-state index in [0.29, 0.717) is 68.1 Å². The summed E-state index contributed by atoms with van der Waals surface area (Å²) in [6.45, 7) is 3.32. The molecule has 9 heteroatoms. The summed E-state index contributed by atoms with van der Waals surface area (Å²) in [6.07, 6.45) is 2.47. The molecule has 2 amide bonds. The molecule has 1 aliphatic heterocycles. The molecule has 2 aromatic rings. The van der Waals surface area contributed by atoms with Crippen molar-refractivity contribution in [2.75, 3.05) is 32.8 Å². The van der Waals surface area contributed by atoms with Gasteiger partial charge in [0, 0.05) is 19.0 Å². The van der Waals surface area contributed by atoms with E-state index in [9.17, 15) is 14.4 Å². The molecule has 0 atom stereocenters. The molecule has 0 aromatic heterocycles. The molecule has 198 valence electrons. The van der Waals surface area contributed by atoms with Gasteiger partial charge >= 0.3 is 5.97 Å². The Labute approximate surface area is 217 Å². The molecule has 0 radical (unpaired) electrons. The van der Waals surface area contributed by atoms with Crippen molar-refractivity contribution in [3.63, 3.8) is 0 Å². The molecule has 0 spiro atoms. The first kappa shape index (κ1) is 26.5. The number of nitrogens with one attached hydrogen (secondary N) is 2. The Morgan fingerprint density at radius 1 is 0.946 bits per heavy atom. The van der Waals surface area contributed by atoms with E-state index in [1.165, 1.54) is 0 Å². The lowest BCUT2D eigenvalue weighted by molar-refractivity contribution is -0.150. The molecule has 0 saturated heterocycles. The second-order valence-corrected chi connectivity index (χ2v) is 9.78. The van der Waals surface area contributed by atoms with Crippen molar-refractivity contribution in [3.8, 4) is 11.5 Å². The zero-order valence-electron chi connectivity index (χ0n) is 21.7. The van der Waals surface area contributed by atoms with Crippen molar-refractivity contribution < 1.29 is 28.6 Å². The summed E-state index contributed by atoms with van der Waals surface area (Å²) in [4.78, 5) is 40.4. The Morgan fingerprint density at radius 3 is 2.38 bits per heavy atom. The molecule has 0 bridgehead atoms. The molecule has 9 nitrogen and oxygen atoms in total. The van der Waals surface area contributed by atoms with Crippen LogP contribution in [0, 0.1) is 11.8 Å². The quantitative estimate of drug-likeness (QED) is 0.497. The molecule has 4 rings (SSSR count). The average Bonchev–Trinajstić information content (AvgIpc) is 3.36. The van der Waals surface area contributed by atoms with E-state index in [2.05, 4.69) is 10.6 Å². The molecule has 1 heterocycles. The van der Waals surface area contributed by atoms with E-state index in [4.69, 9.17) is 14.2 Å². The topological polar surface area (TPSA) is 106 Å². The van der Waals surface area contributed by atoms with Gasteiger partial charge in [-0.15, -0.1) is 0 Å². The molecular formula is C28H35N3O6. The van der Waals surface area contributed by atoms with Crippen LogP contribution in [0.15, 0.2) is 36.4 Å². The van der Waals surface area contributed by atoms with Crippen LogP contribution in [0.25, 0.3) is 0 Å². The normalized spacial score (nSPS) is 18.4. The van der Waals surface area contributed by atoms with Gasteiger partial charge in [-0.25, -0.2) is 0 Å². The maximum atomic E-state index is 13.3. The van der Waals surface area contributed by atoms with Crippen molar-refractivity contribution >= 4 is 23.5 Å². The number of carbonyl (C=O) groups is 3. The second kappa shape index (κ2) is 12.1. The van der Waals surface area contributed by atoms with Crippen molar-refractivity contribution in [2.24, 2.45) is 11.8 Å². The highest BCUT2D eigenvalue weighted by molar-refractivity contribution is 6.04. The van der Waals surface area contributed by atoms with Crippen LogP contribution in [0.1, 0.15) is 54.1 Å². The van der Waals surface area contributed by atoms with Gasteiger partial charge in [0.1, 0.15) is 0 Å². The van der Waals surface area contributed by atoms with Crippen molar-refractivity contribution in [1.29, 1.82) is 0 Å². The minimum atomic E-state index is -0.278. The summed E-state index contributed by atoms with van der Waals surface area (Å²) >= 11 is 0. The highest BCUT2D eigenvalue weighted by Gasteiger charge is 2.31. The van der Waals surface area contributed by atoms with Crippen molar-refractivity contribution in [2.45, 2.75) is 45.7 Å². The highest BCUT2D eigenvalue weighted by atomic mass is 16.7. The summed E-state index contributed by atoms with van der Waals surface area (Å²) < 4.78 is 15.9. The standard InChI is InChI=1S/C28H35N3O6/c1-4-35-28(34)21-9-7-20(8-10-21)26(32)30-23-11-5-19(16-31(2)3)13-22(23)27(33)29-15-18-6-12-24-25(14-18)37-17-36-24/h5-6,11-14,20-21H,4,7-10,15-17H2,1-3H3,(H,29,33)(H,30,32)/t20-,21-. The minimum absolute atomic E-state index is 0.132. The maximum Gasteiger partial charge on any atom is 0.308 e. The van der Waals surface area contributed by atoms with Crippen LogP contribution in [0.3, 0.4) is 0 Å². The van der Waals surface area contributed by atoms with Crippen LogP contribution < -0.4 is 20.1 Å². The number of nitrogens with zero attached hydrogens (tertiary/aromatic N) is 1. The third kappa shape index (κ3) is 6.80. The summed E-state index contributed by atoms with van der Waals surface area (Å²) in [7, 11) is 3.92. The van der Waals surface area contributed by atoms with E-state index < -0.39 is 0 Å². The molecule has 37 heavy (non-hydrogen) atoms. The van der Waals surface area contributed by atoms with Crippen LogP contribution >= 0.6 is 0 Å². The number of esters is 1. The Hall–Kier alpha value is -3.59. The van der Waals surface area contributed by atoms with Crippen LogP contribution in [0.2, 0.25) is 0 Å². The second-order valence-electron chi connectivity index (χ2n) is 9.78. The van der Waals surface area contributed by atoms with E-state index >= 15 is 0 Å². The fraction of sp³-hybridized carbons (Fsp3) is 0.464. The summed E-state index contributed by atoms with van der Waals surface area (Å²) in [6, 6.07) is 11.1. The van der Waals surface area contributed by atoms with Crippen LogP contribution in [0.4, 0.5) is 5.69 Å². The lowest BCUT2D eigenvalue weighted by Crippen LogP contribution is -2.31. The number of anilines is 1. The van der Waals surface area contributed by atoms with Gasteiger partial charge in [0.05, 0.1) is 23.8 Å². The van der Waals surface area contributed by atoms with Crippen molar-refractivity contribution in [1.82, 2.24) is 10.2 Å². The number of fused-ring (bicyclic) bond motifs is 1. The molecular weight excluding hydrogens is 474 g/mol. The third-order valence-corrected chi connectivity index (χ3v) is 6.69. The van der Waals surface area contributed by atoms with Gasteiger partial charge in [0.15, 0.2) is 11.5 Å². The summed E-state index contributed by atoms with van der Waals surface area (Å²) in [5.74, 6) is 0.396. The Balaban J connectivity index is 1.43. The molecule has 2 aromatic carbocycles. The molecule has 1 saturated carbocycles. The number of hydrogen-bond donors (Lipinski definition) is 2. The first-order valence-corrected chi connectivity index (χ1v) is 12.8. The number of benzene rings is 2. The van der Waals surface area contributed by atoms with Gasteiger partial charge in [0.2, 0.25) is 12.7 Å². The number of ether oxygens (including phenoxy) is 3. The zero-order valence-corrected chi connectivity index (χ0v) is 21.7. The lowest BCUT2D eigenvalue weighted by atomic mass is 9.81. The molecule has 2 N–H and O–H groups in total. The first-order valence-electron chi connectivity index (χ1n) is 12.8. The Kier molecular flexibility index (Phi) is 8.66. The predicted molar refractivity (Wildman–Crippen MR) is 138 cm³/mol. The van der Waals surface area contributed by atoms with Crippen LogP contribution in [-0.2, 0) is 27.4 Å². The summed E-state index contributed by atoms with van der Waals surface area (Å²) in [5, 5.41) is 5.94. The summed E-state index contributed by atoms with van der Waals surface area (Å²) in [5.41, 5.74) is 2.73. The van der Waals surface area contributed by atoms with E-state index in [1.54, 1.807) is 13.0 Å². The van der Waals surface area contributed by atoms with Gasteiger partial charge in [0.25, 0.3) is 5.91 Å². The number of hydrogen-bond acceptors (Lipinski definition) is 7. The number of rotatable bonds is 9. The van der Waals surface area contributed by atoms with Crippen LogP contribution in [-0.4, -0.2) is 50.2 Å². The third-order valence-electron chi connectivity index (χ3n) is 6.69. The molecule has 1 fully saturated rings. The monoisotopic (exact) mass is 509 g/mol.